The molecular weight excluding hydrogens is 184 g/mol. The summed E-state index contributed by atoms with van der Waals surface area (Å²) in [6, 6.07) is 4.61. The zero-order valence-electron chi connectivity index (χ0n) is 9.57. The normalized spacial score (nSPS) is 18.4. The van der Waals surface area contributed by atoms with Gasteiger partial charge >= 0.3 is 5.97 Å². The molecule has 0 radical (unpaired) electrons. The third-order valence-corrected chi connectivity index (χ3v) is 1.77. The van der Waals surface area contributed by atoms with Crippen LogP contribution in [0.1, 0.15) is 20.0 Å². The molecule has 74 valence electrons. The molecule has 1 aliphatic rings. The van der Waals surface area contributed by atoms with Crippen molar-refractivity contribution in [2.24, 2.45) is 0 Å². The van der Waals surface area contributed by atoms with Crippen LogP contribution < -0.4 is 9.47 Å². The fourth-order valence-electron chi connectivity index (χ4n) is 1.18. The molecule has 14 heavy (non-hydrogen) atoms. The maximum Gasteiger partial charge on any atom is 0.342 e. The first-order valence-electron chi connectivity index (χ1n) is 5.21. The first kappa shape index (κ1) is 6.70. The quantitative estimate of drug-likeness (QED) is 0.674. The van der Waals surface area contributed by atoms with E-state index in [2.05, 4.69) is 0 Å². The Hall–Kier alpha value is -1.71. The molecule has 4 nitrogen and oxygen atoms in total. The molecule has 4 heteroatoms. The smallest absolute Gasteiger partial charge is 0.342 e. The van der Waals surface area contributed by atoms with E-state index in [4.69, 9.17) is 17.0 Å². The number of hydrogen-bond donors (Lipinski definition) is 0. The Kier molecular flexibility index (Phi) is 1.71. The van der Waals surface area contributed by atoms with Crippen molar-refractivity contribution in [1.29, 1.82) is 0 Å². The van der Waals surface area contributed by atoms with Gasteiger partial charge in [0.25, 0.3) is 0 Å². The van der Waals surface area contributed by atoms with Crippen LogP contribution in [-0.4, -0.2) is 19.3 Å². The maximum absolute atomic E-state index is 11.5. The average Bonchev–Trinajstić information content (AvgIpc) is 2.51. The average molecular weight is 196 g/mol. The summed E-state index contributed by atoms with van der Waals surface area (Å²) in [5.41, 5.74) is 0.167. The van der Waals surface area contributed by atoms with Gasteiger partial charge in [-0.3, -0.25) is 0 Å². The minimum atomic E-state index is -2.23. The highest BCUT2D eigenvalue weighted by molar-refractivity contribution is 5.93. The van der Waals surface area contributed by atoms with Gasteiger partial charge < -0.3 is 14.2 Å². The van der Waals surface area contributed by atoms with E-state index in [1.807, 2.05) is 0 Å². The van der Waals surface area contributed by atoms with Gasteiger partial charge in [0.1, 0.15) is 8.30 Å². The van der Waals surface area contributed by atoms with Gasteiger partial charge in [0, 0.05) is 0 Å². The summed E-state index contributed by atoms with van der Waals surface area (Å²) in [5.74, 6) is -0.262. The largest absolute Gasteiger partial charge is 0.462 e. The van der Waals surface area contributed by atoms with E-state index >= 15 is 0 Å². The van der Waals surface area contributed by atoms with Crippen molar-refractivity contribution < 1.29 is 21.7 Å². The Labute approximate surface area is 84.2 Å². The molecule has 0 aliphatic carbocycles. The van der Waals surface area contributed by atoms with E-state index in [9.17, 15) is 4.79 Å². The molecule has 0 bridgehead atoms. The first-order chi connectivity index (χ1) is 7.53. The third kappa shape index (κ3) is 1.39. The number of ether oxygens (including phenoxy) is 3. The minimum absolute atomic E-state index is 0.0888. The Morgan fingerprint density at radius 1 is 1.64 bits per heavy atom. The van der Waals surface area contributed by atoms with E-state index in [0.717, 1.165) is 0 Å². The lowest BCUT2D eigenvalue weighted by atomic mass is 10.2. The van der Waals surface area contributed by atoms with Crippen LogP contribution in [0.15, 0.2) is 18.2 Å². The van der Waals surface area contributed by atoms with Crippen LogP contribution in [0.3, 0.4) is 0 Å². The zero-order chi connectivity index (χ0) is 11.8. The lowest BCUT2D eigenvalue weighted by Gasteiger charge is -2.04. The minimum Gasteiger partial charge on any atom is -0.462 e. The number of hydrogen-bond acceptors (Lipinski definition) is 4. The van der Waals surface area contributed by atoms with Gasteiger partial charge in [0.2, 0.25) is 6.75 Å². The highest BCUT2D eigenvalue weighted by Crippen LogP contribution is 2.35. The number of carbonyl (C=O) groups is 1. The van der Waals surface area contributed by atoms with E-state index < -0.39 is 12.7 Å². The van der Waals surface area contributed by atoms with E-state index in [1.54, 1.807) is 13.0 Å². The molecule has 1 aromatic rings. The summed E-state index contributed by atoms with van der Waals surface area (Å²) >= 11 is 0. The Morgan fingerprint density at radius 2 is 2.50 bits per heavy atom. The molecule has 0 atom stereocenters. The molecule has 1 heterocycles. The molecule has 1 aromatic carbocycles. The van der Waals surface area contributed by atoms with Crippen LogP contribution in [0.25, 0.3) is 0 Å². The van der Waals surface area contributed by atoms with Crippen molar-refractivity contribution in [3.63, 3.8) is 0 Å². The van der Waals surface area contributed by atoms with Crippen LogP contribution in [0.2, 0.25) is 0 Å². The van der Waals surface area contributed by atoms with Crippen LogP contribution in [-0.2, 0) is 4.74 Å². The molecular formula is C10H10O4. The number of fused-ring (bicyclic) bond motifs is 1. The molecule has 0 N–H and O–H groups in total. The van der Waals surface area contributed by atoms with Crippen LogP contribution >= 0.6 is 0 Å². The van der Waals surface area contributed by atoms with Crippen LogP contribution in [0, 0.1) is 0 Å². The van der Waals surface area contributed by atoms with E-state index in [0.29, 0.717) is 0 Å². The van der Waals surface area contributed by atoms with Gasteiger partial charge in [-0.15, -0.1) is 0 Å². The predicted octanol–water partition coefficient (Wildman–Crippen LogP) is 1.59. The lowest BCUT2D eigenvalue weighted by molar-refractivity contribution is 0.0522. The van der Waals surface area contributed by atoms with Gasteiger partial charge in [-0.2, -0.15) is 0 Å². The van der Waals surface area contributed by atoms with Crippen molar-refractivity contribution in [2.45, 2.75) is 6.92 Å². The number of para-hydroxylation sites is 1. The predicted molar refractivity (Wildman–Crippen MR) is 48.5 cm³/mol. The second-order valence-corrected chi connectivity index (χ2v) is 2.64. The number of carbonyl (C=O) groups excluding carboxylic acids is 1. The summed E-state index contributed by atoms with van der Waals surface area (Å²) in [6.07, 6.45) is 0. The summed E-state index contributed by atoms with van der Waals surface area (Å²) in [6.45, 7) is -0.293. The molecule has 0 saturated heterocycles. The second kappa shape index (κ2) is 3.57. The summed E-state index contributed by atoms with van der Waals surface area (Å²) in [7, 11) is 0. The van der Waals surface area contributed by atoms with Gasteiger partial charge in [0.15, 0.2) is 11.5 Å². The van der Waals surface area contributed by atoms with Gasteiger partial charge in [0.05, 0.1) is 6.61 Å². The third-order valence-electron chi connectivity index (χ3n) is 1.77. The SMILES string of the molecule is [2H]C1([2H])Oc2cccc(C(=O)OCC)c2O1. The van der Waals surface area contributed by atoms with Crippen molar-refractivity contribution in [2.75, 3.05) is 13.4 Å². The Balaban J connectivity index is 2.37. The monoisotopic (exact) mass is 196 g/mol. The van der Waals surface area contributed by atoms with E-state index in [-0.39, 0.29) is 23.7 Å². The van der Waals surface area contributed by atoms with Crippen molar-refractivity contribution >= 4 is 5.97 Å². The first-order valence-corrected chi connectivity index (χ1v) is 4.21. The number of benzene rings is 1. The van der Waals surface area contributed by atoms with Crippen molar-refractivity contribution in [1.82, 2.24) is 0 Å². The maximum atomic E-state index is 11.5. The Morgan fingerprint density at radius 3 is 3.29 bits per heavy atom. The van der Waals surface area contributed by atoms with Gasteiger partial charge in [-0.1, -0.05) is 6.07 Å². The van der Waals surface area contributed by atoms with Gasteiger partial charge in [-0.25, -0.2) is 4.79 Å². The molecule has 0 amide bonds. The Bertz CT molecular complexity index is 431. The fourth-order valence-corrected chi connectivity index (χ4v) is 1.18. The van der Waals surface area contributed by atoms with E-state index in [1.165, 1.54) is 12.1 Å². The number of rotatable bonds is 2. The highest BCUT2D eigenvalue weighted by Gasteiger charge is 2.22. The molecule has 0 unspecified atom stereocenters. The molecule has 0 saturated carbocycles. The standard InChI is InChI=1S/C10H10O4/c1-2-12-10(11)7-4-3-5-8-9(7)14-6-13-8/h3-5H,2,6H2,1H3/i6D2. The molecule has 2 rings (SSSR count). The van der Waals surface area contributed by atoms with Crippen LogP contribution in [0.5, 0.6) is 11.5 Å². The molecule has 0 fully saturated rings. The summed E-state index contributed by atoms with van der Waals surface area (Å²) in [4.78, 5) is 11.5. The topological polar surface area (TPSA) is 44.8 Å². The van der Waals surface area contributed by atoms with Gasteiger partial charge in [-0.05, 0) is 19.1 Å². The summed E-state index contributed by atoms with van der Waals surface area (Å²) in [5, 5.41) is 0. The lowest BCUT2D eigenvalue weighted by Crippen LogP contribution is -2.05. The highest BCUT2D eigenvalue weighted by atomic mass is 16.7. The molecule has 0 aromatic heterocycles. The van der Waals surface area contributed by atoms with Crippen molar-refractivity contribution in [3.8, 4) is 11.5 Å². The summed E-state index contributed by atoms with van der Waals surface area (Å²) < 4.78 is 29.2. The molecule has 1 aliphatic heterocycles. The fraction of sp³-hybridized carbons (Fsp3) is 0.300. The number of esters is 1. The van der Waals surface area contributed by atoms with Crippen molar-refractivity contribution in [3.05, 3.63) is 23.8 Å². The zero-order valence-corrected chi connectivity index (χ0v) is 7.57. The van der Waals surface area contributed by atoms with Crippen LogP contribution in [0.4, 0.5) is 0 Å². The second-order valence-electron chi connectivity index (χ2n) is 2.64. The molecule has 0 spiro atoms.